The molecule has 0 aliphatic carbocycles. The Morgan fingerprint density at radius 3 is 2.70 bits per heavy atom. The maximum absolute atomic E-state index is 12.0. The van der Waals surface area contributed by atoms with Crippen LogP contribution in [0.4, 0.5) is 0 Å². The van der Waals surface area contributed by atoms with E-state index in [-0.39, 0.29) is 11.3 Å². The summed E-state index contributed by atoms with van der Waals surface area (Å²) in [7, 11) is 0. The summed E-state index contributed by atoms with van der Waals surface area (Å²) in [6.45, 7) is 1.47. The Kier molecular flexibility index (Phi) is 4.08. The van der Waals surface area contributed by atoms with Crippen LogP contribution in [0, 0.1) is 6.92 Å². The number of hydrogen-bond donors (Lipinski definition) is 0. The lowest BCUT2D eigenvalue weighted by Crippen LogP contribution is -2.19. The van der Waals surface area contributed by atoms with E-state index in [0.29, 0.717) is 15.8 Å². The molecule has 2 aromatic heterocycles. The zero-order chi connectivity index (χ0) is 16.4. The molecule has 6 heteroatoms. The van der Waals surface area contributed by atoms with Crippen LogP contribution in [-0.4, -0.2) is 18.4 Å². The molecular weight excluding hydrogens is 316 g/mol. The second kappa shape index (κ2) is 6.18. The summed E-state index contributed by atoms with van der Waals surface area (Å²) in [6.07, 6.45) is 0. The van der Waals surface area contributed by atoms with E-state index in [1.165, 1.54) is 17.4 Å². The largest absolute Gasteiger partial charge is 0.453 e. The molecule has 0 N–H and O–H groups in total. The van der Waals surface area contributed by atoms with E-state index in [1.807, 2.05) is 13.0 Å². The first-order chi connectivity index (χ1) is 11.0. The molecule has 0 spiro atoms. The Morgan fingerprint density at radius 2 is 1.96 bits per heavy atom. The second-order valence-electron chi connectivity index (χ2n) is 4.89. The number of benzene rings is 1. The highest BCUT2D eigenvalue weighted by Crippen LogP contribution is 2.16. The quantitative estimate of drug-likeness (QED) is 0.418. The normalized spacial score (nSPS) is 10.7. The smallest absolute Gasteiger partial charge is 0.351 e. The molecule has 0 saturated carbocycles. The molecule has 0 atom stereocenters. The highest BCUT2D eigenvalue weighted by atomic mass is 32.1. The molecule has 0 aliphatic heterocycles. The molecule has 23 heavy (non-hydrogen) atoms. The van der Waals surface area contributed by atoms with Crippen molar-refractivity contribution in [1.29, 1.82) is 0 Å². The SMILES string of the molecule is Cc1ccc(C(=O)COC(=O)c2cc3ccccc3oc2=O)s1. The number of esters is 1. The fourth-order valence-electron chi connectivity index (χ4n) is 2.07. The summed E-state index contributed by atoms with van der Waals surface area (Å²) in [5.41, 5.74) is -0.619. The van der Waals surface area contributed by atoms with Crippen LogP contribution >= 0.6 is 11.3 Å². The lowest BCUT2D eigenvalue weighted by molar-refractivity contribution is 0.0472. The number of ketones is 1. The first kappa shape index (κ1) is 15.2. The minimum absolute atomic E-state index is 0.223. The van der Waals surface area contributed by atoms with E-state index in [9.17, 15) is 14.4 Å². The number of fused-ring (bicyclic) bond motifs is 1. The maximum atomic E-state index is 12.0. The molecule has 0 radical (unpaired) electrons. The van der Waals surface area contributed by atoms with Gasteiger partial charge in [0.1, 0.15) is 11.1 Å². The molecule has 3 rings (SSSR count). The van der Waals surface area contributed by atoms with Crippen molar-refractivity contribution in [2.45, 2.75) is 6.92 Å². The van der Waals surface area contributed by atoms with Crippen molar-refractivity contribution in [3.63, 3.8) is 0 Å². The van der Waals surface area contributed by atoms with Gasteiger partial charge in [-0.2, -0.15) is 0 Å². The minimum Gasteiger partial charge on any atom is -0.453 e. The molecule has 5 nitrogen and oxygen atoms in total. The molecule has 3 aromatic rings. The number of aryl methyl sites for hydroxylation is 1. The van der Waals surface area contributed by atoms with E-state index < -0.39 is 18.2 Å². The topological polar surface area (TPSA) is 73.6 Å². The Bertz CT molecular complexity index is 951. The minimum atomic E-state index is -0.869. The summed E-state index contributed by atoms with van der Waals surface area (Å²) in [4.78, 5) is 37.3. The average molecular weight is 328 g/mol. The molecule has 0 bridgehead atoms. The van der Waals surface area contributed by atoms with Crippen molar-refractivity contribution < 1.29 is 18.7 Å². The van der Waals surface area contributed by atoms with Gasteiger partial charge in [0.2, 0.25) is 5.78 Å². The van der Waals surface area contributed by atoms with Crippen LogP contribution < -0.4 is 5.63 Å². The van der Waals surface area contributed by atoms with Crippen molar-refractivity contribution in [2.24, 2.45) is 0 Å². The van der Waals surface area contributed by atoms with Gasteiger partial charge in [-0.15, -0.1) is 11.3 Å². The van der Waals surface area contributed by atoms with E-state index in [4.69, 9.17) is 9.15 Å². The highest BCUT2D eigenvalue weighted by molar-refractivity contribution is 7.14. The fraction of sp³-hybridized carbons (Fsp3) is 0.118. The molecule has 116 valence electrons. The number of Topliss-reactive ketones (excluding diaryl/α,β-unsaturated/α-hetero) is 1. The van der Waals surface area contributed by atoms with Gasteiger partial charge in [-0.1, -0.05) is 18.2 Å². The summed E-state index contributed by atoms with van der Waals surface area (Å²) in [5.74, 6) is -1.17. The van der Waals surface area contributed by atoms with Gasteiger partial charge in [-0.05, 0) is 31.2 Å². The van der Waals surface area contributed by atoms with Crippen molar-refractivity contribution in [2.75, 3.05) is 6.61 Å². The number of thiophene rings is 1. The molecule has 1 aromatic carbocycles. The zero-order valence-electron chi connectivity index (χ0n) is 12.2. The van der Waals surface area contributed by atoms with E-state index in [0.717, 1.165) is 4.88 Å². The lowest BCUT2D eigenvalue weighted by Gasteiger charge is -2.03. The highest BCUT2D eigenvalue weighted by Gasteiger charge is 2.17. The second-order valence-corrected chi connectivity index (χ2v) is 6.18. The molecule has 0 saturated heterocycles. The third-order valence-electron chi connectivity index (χ3n) is 3.21. The number of para-hydroxylation sites is 1. The van der Waals surface area contributed by atoms with E-state index >= 15 is 0 Å². The van der Waals surface area contributed by atoms with Gasteiger partial charge in [-0.3, -0.25) is 4.79 Å². The fourth-order valence-corrected chi connectivity index (χ4v) is 2.86. The molecule has 0 fully saturated rings. The van der Waals surface area contributed by atoms with Crippen molar-refractivity contribution in [3.05, 3.63) is 68.2 Å². The van der Waals surface area contributed by atoms with Crippen molar-refractivity contribution >= 4 is 34.1 Å². The third kappa shape index (κ3) is 3.22. The number of carbonyl (C=O) groups excluding carboxylic acids is 2. The maximum Gasteiger partial charge on any atom is 0.351 e. The van der Waals surface area contributed by atoms with Crippen LogP contribution in [0.5, 0.6) is 0 Å². The Labute approximate surface area is 135 Å². The predicted molar refractivity (Wildman–Crippen MR) is 86.2 cm³/mol. The van der Waals surface area contributed by atoms with Crippen LogP contribution in [0.1, 0.15) is 24.9 Å². The zero-order valence-corrected chi connectivity index (χ0v) is 13.0. The predicted octanol–water partition coefficient (Wildman–Crippen LogP) is 3.20. The van der Waals surface area contributed by atoms with E-state index in [2.05, 4.69) is 0 Å². The average Bonchev–Trinajstić information content (AvgIpc) is 2.98. The molecular formula is C17H12O5S. The van der Waals surface area contributed by atoms with E-state index in [1.54, 1.807) is 30.3 Å². The van der Waals surface area contributed by atoms with Gasteiger partial charge >= 0.3 is 11.6 Å². The number of ether oxygens (including phenoxy) is 1. The first-order valence-electron chi connectivity index (χ1n) is 6.84. The number of hydrogen-bond acceptors (Lipinski definition) is 6. The molecule has 0 aliphatic rings. The van der Waals surface area contributed by atoms with Crippen LogP contribution in [0.3, 0.4) is 0 Å². The Balaban J connectivity index is 1.77. The summed E-state index contributed by atoms with van der Waals surface area (Å²) < 4.78 is 10.0. The standard InChI is InChI=1S/C17H12O5S/c1-10-6-7-15(23-10)13(18)9-21-16(19)12-8-11-4-2-3-5-14(11)22-17(12)20/h2-8H,9H2,1H3. The summed E-state index contributed by atoms with van der Waals surface area (Å²) in [5, 5.41) is 0.610. The lowest BCUT2D eigenvalue weighted by atomic mass is 10.2. The Morgan fingerprint density at radius 1 is 1.17 bits per heavy atom. The summed E-state index contributed by atoms with van der Waals surface area (Å²) in [6, 6.07) is 11.7. The van der Waals surface area contributed by atoms with Gasteiger partial charge in [0.25, 0.3) is 0 Å². The number of rotatable bonds is 4. The molecule has 0 amide bonds. The molecule has 0 unspecified atom stereocenters. The van der Waals surface area contributed by atoms with Crippen LogP contribution in [0.15, 0.2) is 51.7 Å². The van der Waals surface area contributed by atoms with Crippen LogP contribution in [0.2, 0.25) is 0 Å². The van der Waals surface area contributed by atoms with Crippen LogP contribution in [-0.2, 0) is 4.74 Å². The van der Waals surface area contributed by atoms with Gasteiger partial charge < -0.3 is 9.15 Å². The van der Waals surface area contributed by atoms with Gasteiger partial charge in [0.15, 0.2) is 6.61 Å². The van der Waals surface area contributed by atoms with Crippen molar-refractivity contribution in [1.82, 2.24) is 0 Å². The monoisotopic (exact) mass is 328 g/mol. The van der Waals surface area contributed by atoms with Crippen LogP contribution in [0.25, 0.3) is 11.0 Å². The number of carbonyl (C=O) groups is 2. The first-order valence-corrected chi connectivity index (χ1v) is 7.66. The Hall–Kier alpha value is -2.73. The molecule has 2 heterocycles. The van der Waals surface area contributed by atoms with Gasteiger partial charge in [0.05, 0.1) is 4.88 Å². The summed E-state index contributed by atoms with van der Waals surface area (Å²) >= 11 is 1.33. The van der Waals surface area contributed by atoms with Crippen molar-refractivity contribution in [3.8, 4) is 0 Å². The van der Waals surface area contributed by atoms with Gasteiger partial charge in [-0.25, -0.2) is 9.59 Å². The van der Waals surface area contributed by atoms with Gasteiger partial charge in [0, 0.05) is 10.3 Å². The third-order valence-corrected chi connectivity index (χ3v) is 4.25.